The fourth-order valence-electron chi connectivity index (χ4n) is 3.05. The average Bonchev–Trinajstić information content (AvgIpc) is 2.75. The summed E-state index contributed by atoms with van der Waals surface area (Å²) >= 11 is 1.35. The van der Waals surface area contributed by atoms with Gasteiger partial charge >= 0.3 is 0 Å². The molecule has 0 saturated heterocycles. The van der Waals surface area contributed by atoms with Crippen LogP contribution in [0.1, 0.15) is 49.3 Å². The zero-order valence-corrected chi connectivity index (χ0v) is 17.7. The maximum Gasteiger partial charge on any atom is 0.277 e. The zero-order chi connectivity index (χ0) is 21.3. The first-order valence-corrected chi connectivity index (χ1v) is 11.0. The Labute approximate surface area is 178 Å². The molecule has 0 spiro atoms. The third kappa shape index (κ3) is 6.19. The van der Waals surface area contributed by atoms with Gasteiger partial charge < -0.3 is 4.57 Å². The summed E-state index contributed by atoms with van der Waals surface area (Å²) in [5.41, 5.74) is 1.77. The van der Waals surface area contributed by atoms with Gasteiger partial charge in [-0.15, -0.1) is 0 Å². The van der Waals surface area contributed by atoms with E-state index in [1.54, 1.807) is 18.5 Å². The van der Waals surface area contributed by atoms with E-state index in [1.165, 1.54) is 24.2 Å². The first-order valence-electron chi connectivity index (χ1n) is 9.97. The quantitative estimate of drug-likeness (QED) is 0.263. The predicted molar refractivity (Wildman–Crippen MR) is 113 cm³/mol. The van der Waals surface area contributed by atoms with Gasteiger partial charge in [-0.2, -0.15) is 4.98 Å². The zero-order valence-electron chi connectivity index (χ0n) is 16.9. The van der Waals surface area contributed by atoms with E-state index in [0.29, 0.717) is 28.5 Å². The first kappa shape index (κ1) is 22.1. The van der Waals surface area contributed by atoms with Crippen LogP contribution >= 0.6 is 11.8 Å². The Kier molecular flexibility index (Phi) is 8.07. The highest BCUT2D eigenvalue weighted by molar-refractivity contribution is 7.98. The summed E-state index contributed by atoms with van der Waals surface area (Å²) in [7, 11) is 0. The molecule has 0 saturated carbocycles. The number of thioether (sulfide) groups is 1. The lowest BCUT2D eigenvalue weighted by atomic mass is 10.1. The summed E-state index contributed by atoms with van der Waals surface area (Å²) < 4.78 is 28.6. The van der Waals surface area contributed by atoms with Crippen molar-refractivity contribution in [1.29, 1.82) is 0 Å². The Bertz CT molecular complexity index is 1030. The Morgan fingerprint density at radius 3 is 2.57 bits per heavy atom. The molecule has 2 aromatic heterocycles. The molecule has 0 atom stereocenters. The third-order valence-corrected chi connectivity index (χ3v) is 5.70. The smallest absolute Gasteiger partial charge is 0.277 e. The van der Waals surface area contributed by atoms with Gasteiger partial charge in [-0.1, -0.05) is 44.0 Å². The van der Waals surface area contributed by atoms with Gasteiger partial charge in [-0.3, -0.25) is 4.79 Å². The fourth-order valence-corrected chi connectivity index (χ4v) is 3.98. The number of aryl methyl sites for hydroxylation is 1. The number of nitrogens with zero attached hydrogens (tertiary/aromatic N) is 4. The molecular formula is C22H24F2N4OS. The van der Waals surface area contributed by atoms with Gasteiger partial charge in [0, 0.05) is 42.9 Å². The lowest BCUT2D eigenvalue weighted by molar-refractivity contribution is 0.507. The average molecular weight is 431 g/mol. The van der Waals surface area contributed by atoms with Gasteiger partial charge in [0.15, 0.2) is 16.8 Å². The van der Waals surface area contributed by atoms with Crippen LogP contribution in [0.3, 0.4) is 0 Å². The van der Waals surface area contributed by atoms with E-state index in [2.05, 4.69) is 21.9 Å². The van der Waals surface area contributed by atoms with E-state index in [9.17, 15) is 13.6 Å². The van der Waals surface area contributed by atoms with Gasteiger partial charge in [0.1, 0.15) is 6.33 Å². The van der Waals surface area contributed by atoms with E-state index in [-0.39, 0.29) is 5.56 Å². The Balaban J connectivity index is 1.81. The molecule has 30 heavy (non-hydrogen) atoms. The molecule has 1 aromatic carbocycles. The van der Waals surface area contributed by atoms with Gasteiger partial charge in [-0.25, -0.2) is 18.7 Å². The van der Waals surface area contributed by atoms with Crippen LogP contribution in [-0.4, -0.2) is 19.5 Å². The van der Waals surface area contributed by atoms with Crippen molar-refractivity contribution in [1.82, 2.24) is 19.5 Å². The molecular weight excluding hydrogens is 406 g/mol. The third-order valence-electron chi connectivity index (χ3n) is 4.64. The highest BCUT2D eigenvalue weighted by Gasteiger charge is 2.12. The Morgan fingerprint density at radius 1 is 1.03 bits per heavy atom. The highest BCUT2D eigenvalue weighted by Crippen LogP contribution is 2.22. The number of benzene rings is 1. The molecule has 0 aliphatic rings. The van der Waals surface area contributed by atoms with Crippen molar-refractivity contribution < 1.29 is 8.78 Å². The highest BCUT2D eigenvalue weighted by atomic mass is 32.2. The van der Waals surface area contributed by atoms with Crippen molar-refractivity contribution in [2.45, 2.75) is 56.5 Å². The molecule has 0 fully saturated rings. The molecule has 3 rings (SSSR count). The van der Waals surface area contributed by atoms with Crippen LogP contribution in [0.25, 0.3) is 0 Å². The van der Waals surface area contributed by atoms with E-state index in [0.717, 1.165) is 43.9 Å². The van der Waals surface area contributed by atoms with Crippen molar-refractivity contribution in [3.8, 4) is 0 Å². The van der Waals surface area contributed by atoms with Gasteiger partial charge in [-0.05, 0) is 29.7 Å². The molecule has 158 valence electrons. The molecule has 0 bridgehead atoms. The van der Waals surface area contributed by atoms with Crippen molar-refractivity contribution >= 4 is 11.8 Å². The minimum absolute atomic E-state index is 0.295. The fraction of sp³-hybridized carbons (Fsp3) is 0.364. The predicted octanol–water partition coefficient (Wildman–Crippen LogP) is 4.77. The van der Waals surface area contributed by atoms with Gasteiger partial charge in [0.05, 0.1) is 0 Å². The number of hydrogen-bond acceptors (Lipinski definition) is 5. The van der Waals surface area contributed by atoms with Crippen LogP contribution in [0.4, 0.5) is 8.78 Å². The number of hydrogen-bond donors (Lipinski definition) is 0. The minimum Gasteiger partial charge on any atom is -0.327 e. The molecule has 0 amide bonds. The number of unbranched alkanes of at least 4 members (excludes halogenated alkanes) is 3. The van der Waals surface area contributed by atoms with Gasteiger partial charge in [0.25, 0.3) is 5.56 Å². The van der Waals surface area contributed by atoms with Crippen molar-refractivity contribution in [3.63, 3.8) is 0 Å². The van der Waals surface area contributed by atoms with E-state index < -0.39 is 11.6 Å². The second kappa shape index (κ2) is 11.0. The van der Waals surface area contributed by atoms with Crippen LogP contribution in [-0.2, 0) is 18.7 Å². The Morgan fingerprint density at radius 2 is 1.83 bits per heavy atom. The second-order valence-electron chi connectivity index (χ2n) is 7.07. The molecule has 0 aliphatic heterocycles. The number of rotatable bonds is 10. The molecule has 3 aromatic rings. The van der Waals surface area contributed by atoms with Gasteiger partial charge in [0.2, 0.25) is 0 Å². The maximum atomic E-state index is 13.5. The van der Waals surface area contributed by atoms with Crippen LogP contribution in [0.15, 0.2) is 53.1 Å². The second-order valence-corrected chi connectivity index (χ2v) is 8.01. The molecule has 0 aliphatic carbocycles. The maximum absolute atomic E-state index is 13.5. The topological polar surface area (TPSA) is 60.7 Å². The van der Waals surface area contributed by atoms with E-state index in [1.807, 2.05) is 10.8 Å². The lowest BCUT2D eigenvalue weighted by Gasteiger charge is -2.14. The van der Waals surface area contributed by atoms with E-state index in [4.69, 9.17) is 0 Å². The molecule has 0 unspecified atom stereocenters. The monoisotopic (exact) mass is 430 g/mol. The molecule has 0 radical (unpaired) electrons. The minimum atomic E-state index is -0.876. The summed E-state index contributed by atoms with van der Waals surface area (Å²) in [5.74, 6) is -1.35. The molecule has 8 heteroatoms. The standard InChI is InChI=1S/C22H24F2N4OS/c1-2-3-4-5-8-28-13-18(9-17-11-25-15-26-12-17)21(29)27-22(28)30-14-16-6-7-19(23)20(24)10-16/h6-7,10-13,15H,2-5,8-9,14H2,1H3. The largest absolute Gasteiger partial charge is 0.327 e. The Hall–Kier alpha value is -2.61. The van der Waals surface area contributed by atoms with Crippen LogP contribution < -0.4 is 5.56 Å². The normalized spacial score (nSPS) is 11.0. The summed E-state index contributed by atoms with van der Waals surface area (Å²) in [5, 5.41) is 0.578. The number of aromatic nitrogens is 4. The van der Waals surface area contributed by atoms with Crippen LogP contribution in [0.5, 0.6) is 0 Å². The summed E-state index contributed by atoms with van der Waals surface area (Å²) in [6.07, 6.45) is 11.4. The molecule has 5 nitrogen and oxygen atoms in total. The van der Waals surface area contributed by atoms with Crippen molar-refractivity contribution in [3.05, 3.63) is 81.8 Å². The number of halogens is 2. The van der Waals surface area contributed by atoms with Crippen molar-refractivity contribution in [2.75, 3.05) is 0 Å². The van der Waals surface area contributed by atoms with E-state index >= 15 is 0 Å². The SMILES string of the molecule is CCCCCCn1cc(Cc2cncnc2)c(=O)nc1SCc1ccc(F)c(F)c1. The molecule has 0 N–H and O–H groups in total. The molecule has 2 heterocycles. The van der Waals surface area contributed by atoms with Crippen molar-refractivity contribution in [2.24, 2.45) is 0 Å². The summed E-state index contributed by atoms with van der Waals surface area (Å²) in [4.78, 5) is 24.9. The van der Waals surface area contributed by atoms with Crippen LogP contribution in [0.2, 0.25) is 0 Å². The lowest BCUT2D eigenvalue weighted by Crippen LogP contribution is -2.20. The first-order chi connectivity index (χ1) is 14.6. The summed E-state index contributed by atoms with van der Waals surface area (Å²) in [6, 6.07) is 3.83. The van der Waals surface area contributed by atoms with Crippen LogP contribution in [0, 0.1) is 11.6 Å². The summed E-state index contributed by atoms with van der Waals surface area (Å²) in [6.45, 7) is 2.90.